The molecule has 0 amide bonds. The number of anilines is 1. The zero-order chi connectivity index (χ0) is 9.35. The Morgan fingerprint density at radius 2 is 1.92 bits per heavy atom. The first-order valence-electron chi connectivity index (χ1n) is 3.23. The molecule has 2 N–H and O–H groups in total. The molecule has 0 bridgehead atoms. The summed E-state index contributed by atoms with van der Waals surface area (Å²) >= 11 is 0. The van der Waals surface area contributed by atoms with Crippen molar-refractivity contribution in [3.05, 3.63) is 23.8 Å². The van der Waals surface area contributed by atoms with Crippen molar-refractivity contribution in [1.82, 2.24) is 0 Å². The monoisotopic (exact) mass is 209 g/mol. The Morgan fingerprint density at radius 3 is 2.31 bits per heavy atom. The van der Waals surface area contributed by atoms with E-state index in [1.54, 1.807) is 0 Å². The van der Waals surface area contributed by atoms with Crippen molar-refractivity contribution in [2.24, 2.45) is 0 Å². The molecule has 0 aliphatic rings. The molecule has 66 valence electrons. The number of hydrogen-bond acceptors (Lipinski definition) is 4. The van der Waals surface area contributed by atoms with E-state index in [1.165, 1.54) is 25.1 Å². The van der Waals surface area contributed by atoms with Crippen molar-refractivity contribution in [3.8, 4) is 0 Å². The van der Waals surface area contributed by atoms with E-state index in [0.29, 0.717) is 11.3 Å². The largest absolute Gasteiger partial charge is 1.00 e. The number of rotatable bonds is 1. The molecule has 1 aromatic carbocycles. The van der Waals surface area contributed by atoms with Gasteiger partial charge in [-0.05, 0) is 30.7 Å². The van der Waals surface area contributed by atoms with E-state index in [1.807, 2.05) is 0 Å². The molecule has 0 saturated heterocycles. The molecule has 0 atom stereocenters. The van der Waals surface area contributed by atoms with Gasteiger partial charge in [0, 0.05) is 5.69 Å². The topological polar surface area (TPSA) is 83.2 Å². The van der Waals surface area contributed by atoms with Crippen LogP contribution in [0.25, 0.3) is 0 Å². The molecular weight excluding hydrogens is 201 g/mol. The van der Waals surface area contributed by atoms with Crippen molar-refractivity contribution in [1.29, 1.82) is 0 Å². The second kappa shape index (κ2) is 4.43. The van der Waals surface area contributed by atoms with Gasteiger partial charge in [0.05, 0.1) is 4.90 Å². The summed E-state index contributed by atoms with van der Waals surface area (Å²) in [6, 6.07) is 4.05. The minimum absolute atomic E-state index is 0. The fraction of sp³-hybridized carbons (Fsp3) is 0.143. The van der Waals surface area contributed by atoms with E-state index in [-0.39, 0.29) is 34.5 Å². The van der Waals surface area contributed by atoms with Crippen LogP contribution in [0, 0.1) is 6.92 Å². The second-order valence-electron chi connectivity index (χ2n) is 2.48. The maximum absolute atomic E-state index is 10.6. The molecule has 4 nitrogen and oxygen atoms in total. The minimum atomic E-state index is -4.36. The van der Waals surface area contributed by atoms with Crippen molar-refractivity contribution >= 4 is 15.8 Å². The second-order valence-corrected chi connectivity index (χ2v) is 3.83. The predicted molar refractivity (Wildman–Crippen MR) is 43.6 cm³/mol. The van der Waals surface area contributed by atoms with E-state index in [0.717, 1.165) is 0 Å². The van der Waals surface area contributed by atoms with Crippen LogP contribution in [0.1, 0.15) is 5.56 Å². The van der Waals surface area contributed by atoms with Crippen LogP contribution in [0.2, 0.25) is 0 Å². The van der Waals surface area contributed by atoms with Crippen LogP contribution in [0.5, 0.6) is 0 Å². The predicted octanol–water partition coefficient (Wildman–Crippen LogP) is -2.51. The normalized spacial score (nSPS) is 10.6. The van der Waals surface area contributed by atoms with Gasteiger partial charge in [0.15, 0.2) is 0 Å². The van der Waals surface area contributed by atoms with Crippen molar-refractivity contribution < 1.29 is 42.5 Å². The van der Waals surface area contributed by atoms with Crippen LogP contribution in [0.15, 0.2) is 23.1 Å². The number of nitrogens with two attached hydrogens (primary N) is 1. The Balaban J connectivity index is 0.00000144. The Morgan fingerprint density at radius 1 is 1.38 bits per heavy atom. The van der Waals surface area contributed by atoms with Gasteiger partial charge in [0.1, 0.15) is 10.1 Å². The van der Waals surface area contributed by atoms with Gasteiger partial charge in [-0.15, -0.1) is 0 Å². The summed E-state index contributed by atoms with van der Waals surface area (Å²) in [6.45, 7) is 1.53. The van der Waals surface area contributed by atoms with Gasteiger partial charge in [0.2, 0.25) is 0 Å². The molecule has 6 heteroatoms. The third kappa shape index (κ3) is 3.28. The van der Waals surface area contributed by atoms with Gasteiger partial charge in [-0.3, -0.25) is 0 Å². The molecule has 0 aliphatic carbocycles. The fourth-order valence-corrected chi connectivity index (χ4v) is 1.64. The van der Waals surface area contributed by atoms with Gasteiger partial charge in [-0.1, -0.05) is 0 Å². The summed E-state index contributed by atoms with van der Waals surface area (Å²) in [5, 5.41) is 0. The SMILES string of the molecule is Cc1cc(N)ccc1S(=O)(=O)[O-].[Na+]. The summed E-state index contributed by atoms with van der Waals surface area (Å²) in [7, 11) is -4.36. The molecule has 0 radical (unpaired) electrons. The number of nitrogen functional groups attached to an aromatic ring is 1. The first-order valence-corrected chi connectivity index (χ1v) is 4.64. The number of aryl methyl sites for hydroxylation is 1. The maximum atomic E-state index is 10.6. The van der Waals surface area contributed by atoms with Gasteiger partial charge in [-0.25, -0.2) is 8.42 Å². The average molecular weight is 209 g/mol. The van der Waals surface area contributed by atoms with Gasteiger partial charge >= 0.3 is 29.6 Å². The van der Waals surface area contributed by atoms with Crippen LogP contribution < -0.4 is 35.3 Å². The summed E-state index contributed by atoms with van der Waals surface area (Å²) in [4.78, 5) is -0.211. The number of hydrogen-bond donors (Lipinski definition) is 1. The van der Waals surface area contributed by atoms with Gasteiger partial charge < -0.3 is 10.3 Å². The van der Waals surface area contributed by atoms with Gasteiger partial charge in [-0.2, -0.15) is 0 Å². The summed E-state index contributed by atoms with van der Waals surface area (Å²) in [5.41, 5.74) is 6.20. The first kappa shape index (κ1) is 12.9. The first-order chi connectivity index (χ1) is 5.41. The Hall–Kier alpha value is -0.0700. The molecule has 0 heterocycles. The smallest absolute Gasteiger partial charge is 0.744 e. The van der Waals surface area contributed by atoms with Crippen LogP contribution >= 0.6 is 0 Å². The quantitative estimate of drug-likeness (QED) is 0.314. The van der Waals surface area contributed by atoms with Crippen LogP contribution in [-0.2, 0) is 10.1 Å². The van der Waals surface area contributed by atoms with E-state index in [4.69, 9.17) is 5.73 Å². The molecule has 0 saturated carbocycles. The van der Waals surface area contributed by atoms with Gasteiger partial charge in [0.25, 0.3) is 0 Å². The van der Waals surface area contributed by atoms with Crippen LogP contribution in [0.3, 0.4) is 0 Å². The fourth-order valence-electron chi connectivity index (χ4n) is 0.953. The zero-order valence-electron chi connectivity index (χ0n) is 7.44. The zero-order valence-corrected chi connectivity index (χ0v) is 10.3. The third-order valence-electron chi connectivity index (χ3n) is 1.47. The van der Waals surface area contributed by atoms with Crippen molar-refractivity contribution in [2.45, 2.75) is 11.8 Å². The van der Waals surface area contributed by atoms with Crippen molar-refractivity contribution in [2.75, 3.05) is 5.73 Å². The Labute approximate surface area is 99.2 Å². The Kier molecular flexibility index (Phi) is 4.41. The maximum Gasteiger partial charge on any atom is 1.00 e. The van der Waals surface area contributed by atoms with Crippen molar-refractivity contribution in [3.63, 3.8) is 0 Å². The molecule has 13 heavy (non-hydrogen) atoms. The molecule has 1 aromatic rings. The van der Waals surface area contributed by atoms with E-state index < -0.39 is 10.1 Å². The molecular formula is C7H8NNaO3S. The average Bonchev–Trinajstić information content (AvgIpc) is 1.83. The van der Waals surface area contributed by atoms with E-state index in [2.05, 4.69) is 0 Å². The Bertz CT molecular complexity index is 402. The summed E-state index contributed by atoms with van der Waals surface area (Å²) in [5.74, 6) is 0. The molecule has 0 aromatic heterocycles. The standard InChI is InChI=1S/C7H9NO3S.Na/c1-5-4-6(8)2-3-7(5)12(9,10)11;/h2-4H,8H2,1H3,(H,9,10,11);/q;+1/p-1. The minimum Gasteiger partial charge on any atom is -0.744 e. The van der Waals surface area contributed by atoms with Crippen LogP contribution in [-0.4, -0.2) is 13.0 Å². The van der Waals surface area contributed by atoms with E-state index in [9.17, 15) is 13.0 Å². The molecule has 0 aliphatic heterocycles. The summed E-state index contributed by atoms with van der Waals surface area (Å²) < 4.78 is 31.7. The molecule has 0 spiro atoms. The van der Waals surface area contributed by atoms with Crippen LogP contribution in [0.4, 0.5) is 5.69 Å². The molecule has 1 rings (SSSR count). The van der Waals surface area contributed by atoms with E-state index >= 15 is 0 Å². The molecule has 0 fully saturated rings. The number of benzene rings is 1. The molecule has 0 unspecified atom stereocenters. The third-order valence-corrected chi connectivity index (χ3v) is 2.47. The summed E-state index contributed by atoms with van der Waals surface area (Å²) in [6.07, 6.45) is 0.